The van der Waals surface area contributed by atoms with Crippen molar-refractivity contribution < 1.29 is 0 Å². The fourth-order valence-corrected chi connectivity index (χ4v) is 4.96. The van der Waals surface area contributed by atoms with Gasteiger partial charge >= 0.3 is 0 Å². The van der Waals surface area contributed by atoms with E-state index < -0.39 is 0 Å². The summed E-state index contributed by atoms with van der Waals surface area (Å²) in [7, 11) is 0. The minimum atomic E-state index is 1.23. The molecule has 34 heavy (non-hydrogen) atoms. The van der Waals surface area contributed by atoms with Crippen LogP contribution in [0.5, 0.6) is 0 Å². The fourth-order valence-electron chi connectivity index (χ4n) is 4.96. The van der Waals surface area contributed by atoms with Crippen LogP contribution in [0.4, 0.5) is 0 Å². The highest BCUT2D eigenvalue weighted by atomic mass is 14.2. The van der Waals surface area contributed by atoms with Crippen molar-refractivity contribution in [2.45, 2.75) is 0 Å². The smallest absolute Gasteiger partial charge is 0.00143 e. The van der Waals surface area contributed by atoms with E-state index in [2.05, 4.69) is 146 Å². The zero-order chi connectivity index (χ0) is 22.7. The highest BCUT2D eigenvalue weighted by Crippen LogP contribution is 2.47. The Kier molecular flexibility index (Phi) is 5.26. The molecule has 160 valence electrons. The molecule has 0 unspecified atom stereocenters. The second kappa shape index (κ2) is 8.84. The van der Waals surface area contributed by atoms with Crippen molar-refractivity contribution in [3.63, 3.8) is 0 Å². The maximum atomic E-state index is 2.37. The van der Waals surface area contributed by atoms with Gasteiger partial charge in [-0.3, -0.25) is 0 Å². The molecule has 0 aliphatic carbocycles. The van der Waals surface area contributed by atoms with Crippen LogP contribution in [0.2, 0.25) is 0 Å². The van der Waals surface area contributed by atoms with Crippen molar-refractivity contribution in [3.8, 4) is 44.5 Å². The minimum Gasteiger partial charge on any atom is -0.0622 e. The molecule has 0 heterocycles. The lowest BCUT2D eigenvalue weighted by Gasteiger charge is -2.21. The Hall–Kier alpha value is -4.42. The Morgan fingerprint density at radius 3 is 1.26 bits per heavy atom. The molecule has 0 saturated carbocycles. The minimum absolute atomic E-state index is 1.23. The summed E-state index contributed by atoms with van der Waals surface area (Å²) in [6.07, 6.45) is 0. The highest BCUT2D eigenvalue weighted by molar-refractivity contribution is 6.15. The fraction of sp³-hybridized carbons (Fsp3) is 0. The number of hydrogen-bond donors (Lipinski definition) is 0. The Bertz CT molecular complexity index is 1550. The van der Waals surface area contributed by atoms with Gasteiger partial charge in [0.25, 0.3) is 0 Å². The van der Waals surface area contributed by atoms with Crippen LogP contribution in [0.15, 0.2) is 146 Å². The van der Waals surface area contributed by atoms with Gasteiger partial charge in [0.2, 0.25) is 0 Å². The quantitative estimate of drug-likeness (QED) is 0.260. The van der Waals surface area contributed by atoms with Crippen molar-refractivity contribution in [3.05, 3.63) is 146 Å². The molecule has 0 atom stereocenters. The van der Waals surface area contributed by atoms with Crippen molar-refractivity contribution in [1.29, 1.82) is 0 Å². The molecule has 6 aromatic rings. The molecule has 6 aromatic carbocycles. The molecule has 0 aromatic heterocycles. The predicted molar refractivity (Wildman–Crippen MR) is 146 cm³/mol. The largest absolute Gasteiger partial charge is 0.0622 e. The monoisotopic (exact) mass is 432 g/mol. The third-order valence-electron chi connectivity index (χ3n) is 6.46. The number of fused-ring (bicyclic) bond motifs is 1. The SMILES string of the molecule is c1ccc(-c2cc3cccc(-c4ccccc4)c3c(-c3ccccc3)c2-c2ccccc2)cc1. The van der Waals surface area contributed by atoms with Crippen LogP contribution in [0.1, 0.15) is 0 Å². The van der Waals surface area contributed by atoms with Crippen LogP contribution in [0.25, 0.3) is 55.3 Å². The van der Waals surface area contributed by atoms with Gasteiger partial charge in [0.05, 0.1) is 0 Å². The number of benzene rings is 6. The molecular weight excluding hydrogens is 408 g/mol. The topological polar surface area (TPSA) is 0 Å². The van der Waals surface area contributed by atoms with Gasteiger partial charge in [-0.2, -0.15) is 0 Å². The van der Waals surface area contributed by atoms with E-state index in [0.717, 1.165) is 0 Å². The first-order valence-corrected chi connectivity index (χ1v) is 11.7. The Balaban J connectivity index is 1.83. The molecule has 0 N–H and O–H groups in total. The van der Waals surface area contributed by atoms with Gasteiger partial charge in [-0.15, -0.1) is 0 Å². The van der Waals surface area contributed by atoms with Crippen molar-refractivity contribution >= 4 is 10.8 Å². The predicted octanol–water partition coefficient (Wildman–Crippen LogP) is 9.51. The highest BCUT2D eigenvalue weighted by Gasteiger charge is 2.20. The third-order valence-corrected chi connectivity index (χ3v) is 6.46. The molecule has 0 aliphatic rings. The van der Waals surface area contributed by atoms with Crippen LogP contribution < -0.4 is 0 Å². The lowest BCUT2D eigenvalue weighted by atomic mass is 9.82. The van der Waals surface area contributed by atoms with Crippen LogP contribution in [0, 0.1) is 0 Å². The van der Waals surface area contributed by atoms with Gasteiger partial charge in [-0.25, -0.2) is 0 Å². The van der Waals surface area contributed by atoms with E-state index in [0.29, 0.717) is 0 Å². The van der Waals surface area contributed by atoms with E-state index >= 15 is 0 Å². The molecule has 0 fully saturated rings. The molecule has 0 bridgehead atoms. The standard InChI is InChI=1S/C34H24/c1-5-14-25(15-6-1)30-23-13-22-29-24-31(26-16-7-2-8-17-26)32(27-18-9-3-10-19-27)34(33(29)30)28-20-11-4-12-21-28/h1-24H. The molecule has 6 rings (SSSR count). The Labute approximate surface area is 200 Å². The van der Waals surface area contributed by atoms with Gasteiger partial charge in [-0.1, -0.05) is 140 Å². The normalized spacial score (nSPS) is 10.9. The Morgan fingerprint density at radius 2 is 0.735 bits per heavy atom. The lowest BCUT2D eigenvalue weighted by molar-refractivity contribution is 1.58. The first-order chi connectivity index (χ1) is 16.9. The summed E-state index contributed by atoms with van der Waals surface area (Å²) >= 11 is 0. The summed E-state index contributed by atoms with van der Waals surface area (Å²) in [6.45, 7) is 0. The summed E-state index contributed by atoms with van der Waals surface area (Å²) in [5, 5.41) is 2.54. The van der Waals surface area contributed by atoms with E-state index in [1.165, 1.54) is 55.3 Å². The molecule has 0 radical (unpaired) electrons. The lowest BCUT2D eigenvalue weighted by Crippen LogP contribution is -1.94. The summed E-state index contributed by atoms with van der Waals surface area (Å²) in [6, 6.07) is 52.1. The number of hydrogen-bond acceptors (Lipinski definition) is 0. The molecule has 0 heteroatoms. The summed E-state index contributed by atoms with van der Waals surface area (Å²) in [5.41, 5.74) is 9.98. The molecular formula is C34H24. The second-order valence-electron chi connectivity index (χ2n) is 8.54. The zero-order valence-electron chi connectivity index (χ0n) is 18.9. The first-order valence-electron chi connectivity index (χ1n) is 11.7. The van der Waals surface area contributed by atoms with Gasteiger partial charge in [-0.05, 0) is 61.3 Å². The van der Waals surface area contributed by atoms with Gasteiger partial charge in [0, 0.05) is 0 Å². The maximum absolute atomic E-state index is 2.37. The summed E-state index contributed by atoms with van der Waals surface area (Å²) in [5.74, 6) is 0. The van der Waals surface area contributed by atoms with Crippen LogP contribution in [-0.4, -0.2) is 0 Å². The molecule has 0 amide bonds. The van der Waals surface area contributed by atoms with Crippen LogP contribution >= 0.6 is 0 Å². The van der Waals surface area contributed by atoms with Crippen molar-refractivity contribution in [2.75, 3.05) is 0 Å². The number of rotatable bonds is 4. The van der Waals surface area contributed by atoms with Gasteiger partial charge < -0.3 is 0 Å². The molecule has 0 spiro atoms. The molecule has 0 saturated heterocycles. The van der Waals surface area contributed by atoms with Gasteiger partial charge in [0.15, 0.2) is 0 Å². The van der Waals surface area contributed by atoms with Crippen molar-refractivity contribution in [2.24, 2.45) is 0 Å². The van der Waals surface area contributed by atoms with E-state index in [1.54, 1.807) is 0 Å². The second-order valence-corrected chi connectivity index (χ2v) is 8.54. The van der Waals surface area contributed by atoms with Crippen LogP contribution in [0.3, 0.4) is 0 Å². The van der Waals surface area contributed by atoms with Crippen LogP contribution in [-0.2, 0) is 0 Å². The first kappa shape index (κ1) is 20.2. The maximum Gasteiger partial charge on any atom is -0.00143 e. The van der Waals surface area contributed by atoms with E-state index in [-0.39, 0.29) is 0 Å². The summed E-state index contributed by atoms with van der Waals surface area (Å²) < 4.78 is 0. The van der Waals surface area contributed by atoms with Gasteiger partial charge in [0.1, 0.15) is 0 Å². The average Bonchev–Trinajstić information content (AvgIpc) is 2.93. The Morgan fingerprint density at radius 1 is 0.294 bits per heavy atom. The van der Waals surface area contributed by atoms with E-state index in [4.69, 9.17) is 0 Å². The van der Waals surface area contributed by atoms with E-state index in [9.17, 15) is 0 Å². The molecule has 0 aliphatic heterocycles. The third kappa shape index (κ3) is 3.60. The average molecular weight is 433 g/mol. The van der Waals surface area contributed by atoms with E-state index in [1.807, 2.05) is 0 Å². The van der Waals surface area contributed by atoms with Crippen molar-refractivity contribution in [1.82, 2.24) is 0 Å². The zero-order valence-corrected chi connectivity index (χ0v) is 18.9. The summed E-state index contributed by atoms with van der Waals surface area (Å²) in [4.78, 5) is 0. The molecule has 0 nitrogen and oxygen atoms in total.